The monoisotopic (exact) mass is 411 g/mol. The Hall–Kier alpha value is -3.92. The first-order valence-electron chi connectivity index (χ1n) is 10.3. The third-order valence-corrected chi connectivity index (χ3v) is 4.59. The van der Waals surface area contributed by atoms with Crippen LogP contribution in [0.3, 0.4) is 0 Å². The van der Waals surface area contributed by atoms with Crippen LogP contribution in [0, 0.1) is 0 Å². The largest absolute Gasteiger partial charge is 0.490 e. The molecule has 4 aromatic rings. The molecule has 0 fully saturated rings. The lowest BCUT2D eigenvalue weighted by Gasteiger charge is -2.11. The van der Waals surface area contributed by atoms with E-state index in [1.165, 1.54) is 0 Å². The molecule has 1 N–H and O–H groups in total. The van der Waals surface area contributed by atoms with Crippen LogP contribution in [0.15, 0.2) is 109 Å². The second-order valence-electron chi connectivity index (χ2n) is 6.95. The smallest absolute Gasteiger partial charge is 0.127 e. The molecular formula is C27H25NO3. The lowest BCUT2D eigenvalue weighted by Crippen LogP contribution is -2.09. The molecule has 0 bridgehead atoms. The number of para-hydroxylation sites is 2. The molecule has 4 heteroatoms. The van der Waals surface area contributed by atoms with Gasteiger partial charge >= 0.3 is 0 Å². The molecule has 4 rings (SSSR count). The molecule has 0 atom stereocenters. The molecule has 0 saturated carbocycles. The van der Waals surface area contributed by atoms with Gasteiger partial charge in [-0.3, -0.25) is 0 Å². The van der Waals surface area contributed by atoms with E-state index in [0.29, 0.717) is 19.8 Å². The van der Waals surface area contributed by atoms with Crippen LogP contribution in [0.1, 0.15) is 5.56 Å². The summed E-state index contributed by atoms with van der Waals surface area (Å²) in [7, 11) is 0. The van der Waals surface area contributed by atoms with E-state index in [1.807, 2.05) is 103 Å². The lowest BCUT2D eigenvalue weighted by molar-refractivity contribution is 0.217. The highest BCUT2D eigenvalue weighted by molar-refractivity contribution is 5.48. The van der Waals surface area contributed by atoms with Crippen LogP contribution >= 0.6 is 0 Å². The van der Waals surface area contributed by atoms with Gasteiger partial charge in [0.2, 0.25) is 0 Å². The van der Waals surface area contributed by atoms with E-state index in [2.05, 4.69) is 11.4 Å². The molecule has 0 radical (unpaired) electrons. The van der Waals surface area contributed by atoms with Crippen molar-refractivity contribution in [1.29, 1.82) is 0 Å². The third kappa shape index (κ3) is 6.54. The van der Waals surface area contributed by atoms with Crippen LogP contribution in [0.5, 0.6) is 23.0 Å². The molecular weight excluding hydrogens is 386 g/mol. The van der Waals surface area contributed by atoms with Crippen molar-refractivity contribution < 1.29 is 14.2 Å². The molecule has 31 heavy (non-hydrogen) atoms. The Balaban J connectivity index is 1.23. The van der Waals surface area contributed by atoms with Crippen LogP contribution < -0.4 is 19.5 Å². The van der Waals surface area contributed by atoms with Gasteiger partial charge in [0.15, 0.2) is 0 Å². The van der Waals surface area contributed by atoms with E-state index in [9.17, 15) is 0 Å². The number of anilines is 1. The highest BCUT2D eigenvalue weighted by Crippen LogP contribution is 2.23. The van der Waals surface area contributed by atoms with Gasteiger partial charge in [-0.15, -0.1) is 0 Å². The molecule has 0 spiro atoms. The van der Waals surface area contributed by atoms with Crippen molar-refractivity contribution in [2.45, 2.75) is 6.54 Å². The fourth-order valence-corrected chi connectivity index (χ4v) is 3.05. The van der Waals surface area contributed by atoms with E-state index in [0.717, 1.165) is 34.2 Å². The number of rotatable bonds is 10. The fraction of sp³-hybridized carbons (Fsp3) is 0.111. The highest BCUT2D eigenvalue weighted by Gasteiger charge is 2.01. The van der Waals surface area contributed by atoms with Crippen molar-refractivity contribution in [1.82, 2.24) is 0 Å². The molecule has 4 aromatic carbocycles. The van der Waals surface area contributed by atoms with Crippen molar-refractivity contribution >= 4 is 5.69 Å². The molecule has 0 unspecified atom stereocenters. The number of benzene rings is 4. The Kier molecular flexibility index (Phi) is 7.05. The molecule has 4 nitrogen and oxygen atoms in total. The molecule has 0 aliphatic rings. The minimum absolute atomic E-state index is 0.495. The van der Waals surface area contributed by atoms with E-state index >= 15 is 0 Å². The molecule has 0 heterocycles. The summed E-state index contributed by atoms with van der Waals surface area (Å²) in [6.07, 6.45) is 0. The van der Waals surface area contributed by atoms with Gasteiger partial charge in [0.1, 0.15) is 36.2 Å². The van der Waals surface area contributed by atoms with Gasteiger partial charge in [0, 0.05) is 12.2 Å². The summed E-state index contributed by atoms with van der Waals surface area (Å²) in [4.78, 5) is 0. The predicted octanol–water partition coefficient (Wildman–Crippen LogP) is 6.55. The van der Waals surface area contributed by atoms with Gasteiger partial charge in [-0.2, -0.15) is 0 Å². The van der Waals surface area contributed by atoms with Crippen molar-refractivity contribution in [3.8, 4) is 23.0 Å². The molecule has 0 aliphatic carbocycles. The molecule has 156 valence electrons. The Labute approximate surface area is 183 Å². The van der Waals surface area contributed by atoms with Gasteiger partial charge in [0.05, 0.1) is 0 Å². The Bertz CT molecular complexity index is 1050. The van der Waals surface area contributed by atoms with Crippen LogP contribution in [0.2, 0.25) is 0 Å². The maximum absolute atomic E-state index is 5.83. The maximum Gasteiger partial charge on any atom is 0.127 e. The van der Waals surface area contributed by atoms with Gasteiger partial charge in [-0.1, -0.05) is 48.5 Å². The topological polar surface area (TPSA) is 39.7 Å². The summed E-state index contributed by atoms with van der Waals surface area (Å²) in [6.45, 7) is 1.70. The van der Waals surface area contributed by atoms with Crippen LogP contribution in [-0.2, 0) is 6.54 Å². The lowest BCUT2D eigenvalue weighted by atomic mass is 10.2. The first-order valence-corrected chi connectivity index (χ1v) is 10.3. The van der Waals surface area contributed by atoms with Gasteiger partial charge in [0.25, 0.3) is 0 Å². The molecule has 0 aliphatic heterocycles. The summed E-state index contributed by atoms with van der Waals surface area (Å²) in [5, 5.41) is 3.43. The second-order valence-corrected chi connectivity index (χ2v) is 6.95. The standard InChI is InChI=1S/C27H25NO3/c1-3-9-24(10-4-1)29-18-19-30-27-13-7-8-22(20-27)21-28-23-14-16-26(17-15-23)31-25-11-5-2-6-12-25/h1-17,20,28H,18-19,21H2. The minimum Gasteiger partial charge on any atom is -0.490 e. The Morgan fingerprint density at radius 3 is 1.81 bits per heavy atom. The average molecular weight is 412 g/mol. The van der Waals surface area contributed by atoms with Gasteiger partial charge < -0.3 is 19.5 Å². The van der Waals surface area contributed by atoms with E-state index in [1.54, 1.807) is 0 Å². The summed E-state index contributed by atoms with van der Waals surface area (Å²) >= 11 is 0. The van der Waals surface area contributed by atoms with Crippen molar-refractivity contribution in [2.75, 3.05) is 18.5 Å². The SMILES string of the molecule is c1ccc(OCCOc2cccc(CNc3ccc(Oc4ccccc4)cc3)c2)cc1. The Morgan fingerprint density at radius 2 is 1.10 bits per heavy atom. The van der Waals surface area contributed by atoms with Crippen molar-refractivity contribution in [2.24, 2.45) is 0 Å². The first kappa shape index (κ1) is 20.4. The highest BCUT2D eigenvalue weighted by atomic mass is 16.5. The van der Waals surface area contributed by atoms with Gasteiger partial charge in [-0.25, -0.2) is 0 Å². The second kappa shape index (κ2) is 10.7. The normalized spacial score (nSPS) is 10.3. The Morgan fingerprint density at radius 1 is 0.516 bits per heavy atom. The fourth-order valence-electron chi connectivity index (χ4n) is 3.05. The zero-order valence-electron chi connectivity index (χ0n) is 17.2. The number of hydrogen-bond acceptors (Lipinski definition) is 4. The molecule has 0 amide bonds. The number of nitrogens with one attached hydrogen (secondary N) is 1. The average Bonchev–Trinajstić information content (AvgIpc) is 2.83. The van der Waals surface area contributed by atoms with Crippen LogP contribution in [-0.4, -0.2) is 13.2 Å². The van der Waals surface area contributed by atoms with Crippen LogP contribution in [0.4, 0.5) is 5.69 Å². The van der Waals surface area contributed by atoms with E-state index in [4.69, 9.17) is 14.2 Å². The van der Waals surface area contributed by atoms with Crippen LogP contribution in [0.25, 0.3) is 0 Å². The summed E-state index contributed by atoms with van der Waals surface area (Å²) in [6, 6.07) is 35.5. The van der Waals surface area contributed by atoms with E-state index in [-0.39, 0.29) is 0 Å². The number of hydrogen-bond donors (Lipinski definition) is 1. The first-order chi connectivity index (χ1) is 15.3. The molecule has 0 aromatic heterocycles. The summed E-state index contributed by atoms with van der Waals surface area (Å²) in [5.74, 6) is 3.32. The number of ether oxygens (including phenoxy) is 3. The van der Waals surface area contributed by atoms with Gasteiger partial charge in [-0.05, 0) is 66.2 Å². The summed E-state index contributed by atoms with van der Waals surface area (Å²) in [5.41, 5.74) is 2.18. The summed E-state index contributed by atoms with van der Waals surface area (Å²) < 4.78 is 17.3. The zero-order valence-corrected chi connectivity index (χ0v) is 17.2. The van der Waals surface area contributed by atoms with E-state index < -0.39 is 0 Å². The quantitative estimate of drug-likeness (QED) is 0.300. The zero-order chi connectivity index (χ0) is 21.1. The minimum atomic E-state index is 0.495. The predicted molar refractivity (Wildman–Crippen MR) is 124 cm³/mol. The molecule has 0 saturated heterocycles. The van der Waals surface area contributed by atoms with Crippen molar-refractivity contribution in [3.05, 3.63) is 115 Å². The van der Waals surface area contributed by atoms with Crippen molar-refractivity contribution in [3.63, 3.8) is 0 Å². The third-order valence-electron chi connectivity index (χ3n) is 4.59. The maximum atomic E-state index is 5.83.